The van der Waals surface area contributed by atoms with Crippen molar-refractivity contribution in [2.75, 3.05) is 6.61 Å². The molecule has 0 radical (unpaired) electrons. The number of nitrogens with zero attached hydrogens (tertiary/aromatic N) is 2. The number of fused-ring (bicyclic) bond motifs is 1. The van der Waals surface area contributed by atoms with E-state index in [-0.39, 0.29) is 23.9 Å². The average Bonchev–Trinajstić information content (AvgIpc) is 2.71. The highest BCUT2D eigenvalue weighted by Crippen LogP contribution is 2.43. The van der Waals surface area contributed by atoms with Crippen molar-refractivity contribution in [1.82, 2.24) is 4.98 Å². The SMILES string of the molecule is O=[N+]([O-])c1cc2[nH]cc(CCO)c2c([N+](=O)[O-])c1O. The van der Waals surface area contributed by atoms with Crippen molar-refractivity contribution >= 4 is 22.3 Å². The van der Waals surface area contributed by atoms with Gasteiger partial charge in [0.2, 0.25) is 0 Å². The van der Waals surface area contributed by atoms with Gasteiger partial charge in [-0.05, 0) is 12.0 Å². The minimum Gasteiger partial charge on any atom is -0.497 e. The number of aromatic hydroxyl groups is 1. The average molecular weight is 267 g/mol. The number of nitro groups is 2. The van der Waals surface area contributed by atoms with Crippen molar-refractivity contribution in [3.8, 4) is 5.75 Å². The Morgan fingerprint density at radius 3 is 2.47 bits per heavy atom. The zero-order valence-corrected chi connectivity index (χ0v) is 9.49. The van der Waals surface area contributed by atoms with E-state index >= 15 is 0 Å². The number of aromatic nitrogens is 1. The largest absolute Gasteiger partial charge is 0.497 e. The van der Waals surface area contributed by atoms with Crippen molar-refractivity contribution in [3.63, 3.8) is 0 Å². The molecule has 0 aliphatic carbocycles. The predicted octanol–water partition coefficient (Wildman–Crippen LogP) is 1.22. The van der Waals surface area contributed by atoms with Gasteiger partial charge >= 0.3 is 11.4 Å². The Morgan fingerprint density at radius 2 is 1.95 bits per heavy atom. The van der Waals surface area contributed by atoms with Crippen LogP contribution >= 0.6 is 0 Å². The zero-order valence-electron chi connectivity index (χ0n) is 9.49. The molecule has 0 fully saturated rings. The van der Waals surface area contributed by atoms with Crippen molar-refractivity contribution in [2.24, 2.45) is 0 Å². The Hall–Kier alpha value is -2.68. The Kier molecular flexibility index (Phi) is 3.05. The van der Waals surface area contributed by atoms with Crippen LogP contribution < -0.4 is 0 Å². The van der Waals surface area contributed by atoms with Gasteiger partial charge in [-0.1, -0.05) is 0 Å². The Morgan fingerprint density at radius 1 is 1.26 bits per heavy atom. The summed E-state index contributed by atoms with van der Waals surface area (Å²) < 4.78 is 0. The van der Waals surface area contributed by atoms with E-state index in [1.54, 1.807) is 0 Å². The van der Waals surface area contributed by atoms with Gasteiger partial charge in [-0.2, -0.15) is 0 Å². The predicted molar refractivity (Wildman–Crippen MR) is 64.1 cm³/mol. The van der Waals surface area contributed by atoms with Gasteiger partial charge in [0, 0.05) is 18.9 Å². The Labute approximate surface area is 105 Å². The molecule has 9 nitrogen and oxygen atoms in total. The summed E-state index contributed by atoms with van der Waals surface area (Å²) in [4.78, 5) is 22.6. The van der Waals surface area contributed by atoms with Crippen LogP contribution in [0.15, 0.2) is 12.3 Å². The third-order valence-corrected chi connectivity index (χ3v) is 2.74. The van der Waals surface area contributed by atoms with Gasteiger partial charge in [-0.3, -0.25) is 20.2 Å². The van der Waals surface area contributed by atoms with Crippen molar-refractivity contribution in [3.05, 3.63) is 38.1 Å². The van der Waals surface area contributed by atoms with E-state index in [0.717, 1.165) is 6.07 Å². The van der Waals surface area contributed by atoms with Crippen LogP contribution in [0.5, 0.6) is 5.75 Å². The van der Waals surface area contributed by atoms with E-state index in [1.165, 1.54) is 6.20 Å². The maximum atomic E-state index is 11.0. The van der Waals surface area contributed by atoms with Crippen molar-refractivity contribution < 1.29 is 20.1 Å². The van der Waals surface area contributed by atoms with Crippen LogP contribution in [0, 0.1) is 20.2 Å². The van der Waals surface area contributed by atoms with E-state index in [1.807, 2.05) is 0 Å². The van der Waals surface area contributed by atoms with Crippen LogP contribution in [0.3, 0.4) is 0 Å². The monoisotopic (exact) mass is 267 g/mol. The maximum Gasteiger partial charge on any atom is 0.327 e. The molecule has 9 heteroatoms. The summed E-state index contributed by atoms with van der Waals surface area (Å²) in [5.74, 6) is -0.985. The van der Waals surface area contributed by atoms with Gasteiger partial charge in [-0.15, -0.1) is 0 Å². The van der Waals surface area contributed by atoms with Gasteiger partial charge in [0.15, 0.2) is 0 Å². The molecule has 1 heterocycles. The number of phenolic OH excluding ortho intramolecular Hbond substituents is 1. The molecule has 2 rings (SSSR count). The van der Waals surface area contributed by atoms with Crippen molar-refractivity contribution in [2.45, 2.75) is 6.42 Å². The number of hydrogen-bond acceptors (Lipinski definition) is 6. The Balaban J connectivity index is 2.87. The quantitative estimate of drug-likeness (QED) is 0.561. The van der Waals surface area contributed by atoms with Gasteiger partial charge in [0.1, 0.15) is 0 Å². The molecule has 100 valence electrons. The number of aliphatic hydroxyl groups excluding tert-OH is 1. The molecule has 19 heavy (non-hydrogen) atoms. The van der Waals surface area contributed by atoms with E-state index < -0.39 is 27.0 Å². The Bertz CT molecular complexity index is 677. The highest BCUT2D eigenvalue weighted by molar-refractivity contribution is 5.97. The van der Waals surface area contributed by atoms with E-state index in [2.05, 4.69) is 4.98 Å². The van der Waals surface area contributed by atoms with Crippen LogP contribution in [0.4, 0.5) is 11.4 Å². The highest BCUT2D eigenvalue weighted by atomic mass is 16.6. The first-order valence-corrected chi connectivity index (χ1v) is 5.23. The van der Waals surface area contributed by atoms with Crippen LogP contribution in [0.25, 0.3) is 10.9 Å². The summed E-state index contributed by atoms with van der Waals surface area (Å²) in [5, 5.41) is 40.4. The second kappa shape index (κ2) is 4.53. The number of hydrogen-bond donors (Lipinski definition) is 3. The summed E-state index contributed by atoms with van der Waals surface area (Å²) in [5.41, 5.74) is -0.889. The van der Waals surface area contributed by atoms with Crippen LogP contribution in [0.1, 0.15) is 5.56 Å². The summed E-state index contributed by atoms with van der Waals surface area (Å²) in [6, 6.07) is 1.03. The first-order valence-electron chi connectivity index (χ1n) is 5.23. The number of benzene rings is 1. The van der Waals surface area contributed by atoms with E-state index in [0.29, 0.717) is 5.56 Å². The molecule has 1 aromatic carbocycles. The first kappa shape index (κ1) is 12.8. The second-order valence-corrected chi connectivity index (χ2v) is 3.82. The lowest BCUT2D eigenvalue weighted by Crippen LogP contribution is -1.97. The summed E-state index contributed by atoms with van der Waals surface area (Å²) in [6.45, 7) is -0.234. The molecular weight excluding hydrogens is 258 g/mol. The van der Waals surface area contributed by atoms with Crippen molar-refractivity contribution in [1.29, 1.82) is 0 Å². The molecule has 0 saturated heterocycles. The molecular formula is C10H9N3O6. The van der Waals surface area contributed by atoms with Crippen LogP contribution in [0.2, 0.25) is 0 Å². The fourth-order valence-corrected chi connectivity index (χ4v) is 1.95. The van der Waals surface area contributed by atoms with E-state index in [4.69, 9.17) is 5.11 Å². The molecule has 2 aromatic rings. The summed E-state index contributed by atoms with van der Waals surface area (Å²) in [6.07, 6.45) is 1.55. The topological polar surface area (TPSA) is 143 Å². The number of aliphatic hydroxyl groups is 1. The van der Waals surface area contributed by atoms with E-state index in [9.17, 15) is 25.3 Å². The van der Waals surface area contributed by atoms with Gasteiger partial charge in [0.05, 0.1) is 20.7 Å². The smallest absolute Gasteiger partial charge is 0.327 e. The molecule has 0 aliphatic heterocycles. The lowest BCUT2D eigenvalue weighted by atomic mass is 10.1. The summed E-state index contributed by atoms with van der Waals surface area (Å²) in [7, 11) is 0. The normalized spacial score (nSPS) is 10.8. The third kappa shape index (κ3) is 1.95. The standard InChI is InChI=1S/C10H9N3O6/c14-2-1-5-4-11-6-3-7(12(16)17)10(15)9(8(5)6)13(18)19/h3-4,11,14-15H,1-2H2. The second-order valence-electron chi connectivity index (χ2n) is 3.82. The molecule has 0 saturated carbocycles. The maximum absolute atomic E-state index is 11.0. The number of nitrogens with one attached hydrogen (secondary N) is 1. The first-order chi connectivity index (χ1) is 8.97. The minimum absolute atomic E-state index is 0.0714. The lowest BCUT2D eigenvalue weighted by Gasteiger charge is -2.01. The molecule has 0 unspecified atom stereocenters. The summed E-state index contributed by atoms with van der Waals surface area (Å²) >= 11 is 0. The highest BCUT2D eigenvalue weighted by Gasteiger charge is 2.30. The van der Waals surface area contributed by atoms with Gasteiger partial charge < -0.3 is 15.2 Å². The molecule has 0 atom stereocenters. The molecule has 3 N–H and O–H groups in total. The van der Waals surface area contributed by atoms with Gasteiger partial charge in [-0.25, -0.2) is 0 Å². The minimum atomic E-state index is -0.985. The van der Waals surface area contributed by atoms with Crippen LogP contribution in [-0.4, -0.2) is 31.7 Å². The molecule has 0 amide bonds. The number of phenols is 1. The number of nitro benzene ring substituents is 2. The third-order valence-electron chi connectivity index (χ3n) is 2.74. The zero-order chi connectivity index (χ0) is 14.2. The molecule has 0 aliphatic rings. The fraction of sp³-hybridized carbons (Fsp3) is 0.200. The molecule has 0 spiro atoms. The molecule has 0 bridgehead atoms. The van der Waals surface area contributed by atoms with Gasteiger partial charge in [0.25, 0.3) is 5.75 Å². The fourth-order valence-electron chi connectivity index (χ4n) is 1.95. The lowest BCUT2D eigenvalue weighted by molar-refractivity contribution is -0.394. The number of aromatic amines is 1. The number of H-pyrrole nitrogens is 1. The number of rotatable bonds is 4. The van der Waals surface area contributed by atoms with Crippen LogP contribution in [-0.2, 0) is 6.42 Å². The molecule has 1 aromatic heterocycles.